The van der Waals surface area contributed by atoms with Crippen molar-refractivity contribution in [1.82, 2.24) is 10.6 Å². The van der Waals surface area contributed by atoms with Crippen LogP contribution in [0.1, 0.15) is 64.7 Å². The predicted molar refractivity (Wildman–Crippen MR) is 79.0 cm³/mol. The van der Waals surface area contributed by atoms with Gasteiger partial charge in [-0.15, -0.1) is 0 Å². The van der Waals surface area contributed by atoms with Gasteiger partial charge in [0.1, 0.15) is 0 Å². The lowest BCUT2D eigenvalue weighted by Crippen LogP contribution is -2.42. The second-order valence-electron chi connectivity index (χ2n) is 6.51. The normalized spacial score (nSPS) is 27.8. The van der Waals surface area contributed by atoms with Crippen LogP contribution in [0.3, 0.4) is 0 Å². The van der Waals surface area contributed by atoms with E-state index in [2.05, 4.69) is 17.6 Å². The van der Waals surface area contributed by atoms with Crippen LogP contribution in [0, 0.1) is 11.3 Å². The van der Waals surface area contributed by atoms with Gasteiger partial charge in [0.15, 0.2) is 0 Å². The first-order chi connectivity index (χ1) is 9.27. The quantitative estimate of drug-likeness (QED) is 0.696. The van der Waals surface area contributed by atoms with E-state index in [9.17, 15) is 4.79 Å². The van der Waals surface area contributed by atoms with Crippen molar-refractivity contribution >= 4 is 5.91 Å². The number of nitrogens with one attached hydrogen (secondary N) is 2. The van der Waals surface area contributed by atoms with Crippen molar-refractivity contribution < 1.29 is 4.79 Å². The molecule has 1 aliphatic carbocycles. The molecule has 1 amide bonds. The summed E-state index contributed by atoms with van der Waals surface area (Å²) in [7, 11) is 0. The first kappa shape index (κ1) is 14.8. The fourth-order valence-corrected chi connectivity index (χ4v) is 3.82. The molecule has 0 aromatic carbocycles. The van der Waals surface area contributed by atoms with Gasteiger partial charge in [-0.2, -0.15) is 0 Å². The van der Waals surface area contributed by atoms with Crippen LogP contribution in [-0.2, 0) is 4.79 Å². The molecule has 1 saturated carbocycles. The fourth-order valence-electron chi connectivity index (χ4n) is 3.82. The van der Waals surface area contributed by atoms with Crippen molar-refractivity contribution in [2.45, 2.75) is 64.7 Å². The second-order valence-corrected chi connectivity index (χ2v) is 6.51. The highest BCUT2D eigenvalue weighted by atomic mass is 16.2. The smallest absolute Gasteiger partial charge is 0.227 e. The van der Waals surface area contributed by atoms with E-state index < -0.39 is 0 Å². The van der Waals surface area contributed by atoms with E-state index in [0.29, 0.717) is 5.91 Å². The van der Waals surface area contributed by atoms with Crippen molar-refractivity contribution in [3.05, 3.63) is 0 Å². The predicted octanol–water partition coefficient (Wildman–Crippen LogP) is 2.85. The Morgan fingerprint density at radius 3 is 2.79 bits per heavy atom. The molecule has 110 valence electrons. The third-order valence-corrected chi connectivity index (χ3v) is 5.00. The number of carbonyl (C=O) groups excluding carboxylic acids is 1. The summed E-state index contributed by atoms with van der Waals surface area (Å²) in [4.78, 5) is 12.4. The molecule has 2 fully saturated rings. The van der Waals surface area contributed by atoms with E-state index in [1.807, 2.05) is 0 Å². The van der Waals surface area contributed by atoms with Crippen molar-refractivity contribution in [2.24, 2.45) is 11.3 Å². The van der Waals surface area contributed by atoms with Crippen LogP contribution in [0.25, 0.3) is 0 Å². The lowest BCUT2D eigenvalue weighted by molar-refractivity contribution is -0.130. The van der Waals surface area contributed by atoms with Gasteiger partial charge in [0.2, 0.25) is 5.91 Å². The van der Waals surface area contributed by atoms with Crippen molar-refractivity contribution in [3.63, 3.8) is 0 Å². The summed E-state index contributed by atoms with van der Waals surface area (Å²) >= 11 is 0. The summed E-state index contributed by atoms with van der Waals surface area (Å²) in [5, 5.41) is 6.55. The SMILES string of the molecule is CCCC1(C(=O)NCCCC2CCCC2)CCNC1. The zero-order valence-corrected chi connectivity index (χ0v) is 12.5. The average molecular weight is 266 g/mol. The van der Waals surface area contributed by atoms with E-state index in [1.54, 1.807) is 0 Å². The maximum Gasteiger partial charge on any atom is 0.227 e. The Morgan fingerprint density at radius 1 is 1.37 bits per heavy atom. The number of rotatable bonds is 7. The van der Waals surface area contributed by atoms with Gasteiger partial charge in [-0.25, -0.2) is 0 Å². The van der Waals surface area contributed by atoms with E-state index in [0.717, 1.165) is 51.2 Å². The standard InChI is InChI=1S/C16H30N2O/c1-2-9-16(10-12-17-13-16)15(19)18-11-5-8-14-6-3-4-7-14/h14,17H,2-13H2,1H3,(H,18,19). The monoisotopic (exact) mass is 266 g/mol. The molecule has 0 aromatic heterocycles. The first-order valence-corrected chi connectivity index (χ1v) is 8.26. The molecule has 3 heteroatoms. The van der Waals surface area contributed by atoms with E-state index in [-0.39, 0.29) is 5.41 Å². The van der Waals surface area contributed by atoms with Gasteiger partial charge in [0.05, 0.1) is 5.41 Å². The number of amides is 1. The van der Waals surface area contributed by atoms with Crippen molar-refractivity contribution in [3.8, 4) is 0 Å². The van der Waals surface area contributed by atoms with Gasteiger partial charge in [-0.3, -0.25) is 4.79 Å². The summed E-state index contributed by atoms with van der Waals surface area (Å²) in [6.45, 7) is 4.92. The molecule has 2 rings (SSSR count). The molecule has 1 unspecified atom stereocenters. The molecule has 2 N–H and O–H groups in total. The molecular formula is C16H30N2O. The molecule has 0 radical (unpaired) electrons. The third kappa shape index (κ3) is 3.95. The fraction of sp³-hybridized carbons (Fsp3) is 0.938. The Morgan fingerprint density at radius 2 is 2.16 bits per heavy atom. The largest absolute Gasteiger partial charge is 0.356 e. The maximum atomic E-state index is 12.4. The van der Waals surface area contributed by atoms with E-state index >= 15 is 0 Å². The van der Waals surface area contributed by atoms with Gasteiger partial charge in [0.25, 0.3) is 0 Å². The molecular weight excluding hydrogens is 236 g/mol. The van der Waals surface area contributed by atoms with Crippen LogP contribution in [0.15, 0.2) is 0 Å². The lowest BCUT2D eigenvalue weighted by atomic mass is 9.81. The zero-order chi connectivity index (χ0) is 13.6. The highest BCUT2D eigenvalue weighted by Crippen LogP contribution is 2.31. The molecule has 3 nitrogen and oxygen atoms in total. The van der Waals surface area contributed by atoms with Crippen molar-refractivity contribution in [2.75, 3.05) is 19.6 Å². The van der Waals surface area contributed by atoms with Crippen molar-refractivity contribution in [1.29, 1.82) is 0 Å². The van der Waals surface area contributed by atoms with Gasteiger partial charge < -0.3 is 10.6 Å². The van der Waals surface area contributed by atoms with Crippen LogP contribution < -0.4 is 10.6 Å². The maximum absolute atomic E-state index is 12.4. The molecule has 0 bridgehead atoms. The molecule has 1 aliphatic heterocycles. The van der Waals surface area contributed by atoms with E-state index in [1.165, 1.54) is 32.1 Å². The third-order valence-electron chi connectivity index (χ3n) is 5.00. The summed E-state index contributed by atoms with van der Waals surface area (Å²) in [6, 6.07) is 0. The molecule has 1 heterocycles. The Hall–Kier alpha value is -0.570. The van der Waals surface area contributed by atoms with Gasteiger partial charge >= 0.3 is 0 Å². The minimum Gasteiger partial charge on any atom is -0.356 e. The molecule has 1 saturated heterocycles. The summed E-state index contributed by atoms with van der Waals surface area (Å²) < 4.78 is 0. The van der Waals surface area contributed by atoms with Gasteiger partial charge in [-0.1, -0.05) is 39.0 Å². The van der Waals surface area contributed by atoms with Crippen LogP contribution in [0.4, 0.5) is 0 Å². The average Bonchev–Trinajstić information content (AvgIpc) is 3.06. The number of hydrogen-bond acceptors (Lipinski definition) is 2. The molecule has 0 spiro atoms. The summed E-state index contributed by atoms with van der Waals surface area (Å²) in [5.41, 5.74) is -0.109. The van der Waals surface area contributed by atoms with Crippen LogP contribution in [0.2, 0.25) is 0 Å². The molecule has 19 heavy (non-hydrogen) atoms. The van der Waals surface area contributed by atoms with Crippen LogP contribution in [0.5, 0.6) is 0 Å². The molecule has 2 aliphatic rings. The minimum absolute atomic E-state index is 0.109. The molecule has 1 atom stereocenters. The first-order valence-electron chi connectivity index (χ1n) is 8.26. The second kappa shape index (κ2) is 7.28. The Bertz CT molecular complexity index is 278. The van der Waals surface area contributed by atoms with Crippen LogP contribution >= 0.6 is 0 Å². The minimum atomic E-state index is -0.109. The Labute approximate surface area is 117 Å². The summed E-state index contributed by atoms with van der Waals surface area (Å²) in [5.74, 6) is 1.24. The highest BCUT2D eigenvalue weighted by molar-refractivity contribution is 5.83. The lowest BCUT2D eigenvalue weighted by Gasteiger charge is -2.26. The van der Waals surface area contributed by atoms with Gasteiger partial charge in [0, 0.05) is 13.1 Å². The Balaban J connectivity index is 1.67. The van der Waals surface area contributed by atoms with Crippen LogP contribution in [-0.4, -0.2) is 25.5 Å². The van der Waals surface area contributed by atoms with Gasteiger partial charge in [-0.05, 0) is 38.1 Å². The highest BCUT2D eigenvalue weighted by Gasteiger charge is 2.39. The Kier molecular flexibility index (Phi) is 5.68. The van der Waals surface area contributed by atoms with E-state index in [4.69, 9.17) is 0 Å². The number of carbonyl (C=O) groups is 1. The number of hydrogen-bond donors (Lipinski definition) is 2. The molecule has 0 aromatic rings. The zero-order valence-electron chi connectivity index (χ0n) is 12.5. The summed E-state index contributed by atoms with van der Waals surface area (Å²) in [6.07, 6.45) is 11.3. The topological polar surface area (TPSA) is 41.1 Å².